The highest BCUT2D eigenvalue weighted by atomic mass is 16.4. The van der Waals surface area contributed by atoms with E-state index in [1.807, 2.05) is 6.07 Å². The van der Waals surface area contributed by atoms with E-state index < -0.39 is 5.97 Å². The summed E-state index contributed by atoms with van der Waals surface area (Å²) in [6.07, 6.45) is 1.37. The van der Waals surface area contributed by atoms with Gasteiger partial charge in [-0.15, -0.1) is 0 Å². The Morgan fingerprint density at radius 3 is 2.45 bits per heavy atom. The number of nitrogens with one attached hydrogen (secondary N) is 1. The molecule has 0 aliphatic carbocycles. The molecule has 98 valence electrons. The molecule has 3 rings (SSSR count). The maximum atomic E-state index is 11.7. The summed E-state index contributed by atoms with van der Waals surface area (Å²) in [5.74, 6) is -0.962. The van der Waals surface area contributed by atoms with Crippen molar-refractivity contribution in [2.45, 2.75) is 0 Å². The average molecular weight is 266 g/mol. The highest BCUT2D eigenvalue weighted by Crippen LogP contribution is 2.22. The Bertz CT molecular complexity index is 851. The molecular formula is C15H10N2O3. The third-order valence-corrected chi connectivity index (χ3v) is 3.11. The molecule has 0 fully saturated rings. The van der Waals surface area contributed by atoms with Gasteiger partial charge in [0.05, 0.1) is 22.8 Å². The molecule has 5 nitrogen and oxygen atoms in total. The van der Waals surface area contributed by atoms with Crippen molar-refractivity contribution in [3.05, 3.63) is 64.7 Å². The molecule has 20 heavy (non-hydrogen) atoms. The number of nitrogens with zero attached hydrogens (tertiary/aromatic N) is 1. The van der Waals surface area contributed by atoms with Crippen LogP contribution in [0.3, 0.4) is 0 Å². The number of aromatic carboxylic acids is 1. The molecule has 1 heterocycles. The lowest BCUT2D eigenvalue weighted by atomic mass is 10.0. The Labute approximate surface area is 113 Å². The molecule has 0 amide bonds. The van der Waals surface area contributed by atoms with Crippen LogP contribution in [0.1, 0.15) is 10.4 Å². The molecule has 2 N–H and O–H groups in total. The molecule has 0 aliphatic rings. The van der Waals surface area contributed by atoms with Crippen LogP contribution in [0.15, 0.2) is 53.6 Å². The van der Waals surface area contributed by atoms with E-state index in [2.05, 4.69) is 9.97 Å². The number of hydrogen-bond donors (Lipinski definition) is 2. The third-order valence-electron chi connectivity index (χ3n) is 3.11. The quantitative estimate of drug-likeness (QED) is 0.745. The fourth-order valence-corrected chi connectivity index (χ4v) is 2.05. The SMILES string of the molecule is O=C(O)c1ccc(-c2ccc3nc[nH]c(=O)c3c2)cc1. The number of H-pyrrole nitrogens is 1. The summed E-state index contributed by atoms with van der Waals surface area (Å²) in [5, 5.41) is 9.38. The van der Waals surface area contributed by atoms with Crippen LogP contribution in [0.25, 0.3) is 22.0 Å². The van der Waals surface area contributed by atoms with Crippen molar-refractivity contribution >= 4 is 16.9 Å². The summed E-state index contributed by atoms with van der Waals surface area (Å²) >= 11 is 0. The minimum Gasteiger partial charge on any atom is -0.478 e. The monoisotopic (exact) mass is 266 g/mol. The molecule has 1 aromatic heterocycles. The molecule has 5 heteroatoms. The number of aromatic nitrogens is 2. The summed E-state index contributed by atoms with van der Waals surface area (Å²) in [4.78, 5) is 29.2. The van der Waals surface area contributed by atoms with E-state index in [0.717, 1.165) is 11.1 Å². The minimum absolute atomic E-state index is 0.195. The Hall–Kier alpha value is -2.95. The Morgan fingerprint density at radius 2 is 1.75 bits per heavy atom. The third kappa shape index (κ3) is 2.05. The normalized spacial score (nSPS) is 10.6. The number of benzene rings is 2. The Kier molecular flexibility index (Phi) is 2.80. The van der Waals surface area contributed by atoms with Gasteiger partial charge in [0.2, 0.25) is 0 Å². The molecular weight excluding hydrogens is 256 g/mol. The second kappa shape index (κ2) is 4.62. The van der Waals surface area contributed by atoms with Gasteiger partial charge < -0.3 is 10.1 Å². The van der Waals surface area contributed by atoms with E-state index in [1.54, 1.807) is 24.3 Å². The highest BCUT2D eigenvalue weighted by molar-refractivity contribution is 5.89. The predicted octanol–water partition coefficient (Wildman–Crippen LogP) is 2.29. The molecule has 0 unspecified atom stereocenters. The summed E-state index contributed by atoms with van der Waals surface area (Å²) in [5.41, 5.74) is 2.35. The predicted molar refractivity (Wildman–Crippen MR) is 74.8 cm³/mol. The number of aromatic amines is 1. The van der Waals surface area contributed by atoms with Crippen molar-refractivity contribution < 1.29 is 9.90 Å². The fraction of sp³-hybridized carbons (Fsp3) is 0. The van der Waals surface area contributed by atoms with E-state index in [4.69, 9.17) is 5.11 Å². The Morgan fingerprint density at radius 1 is 1.05 bits per heavy atom. The van der Waals surface area contributed by atoms with E-state index >= 15 is 0 Å². The second-order valence-corrected chi connectivity index (χ2v) is 4.35. The van der Waals surface area contributed by atoms with Gasteiger partial charge in [-0.05, 0) is 35.4 Å². The van der Waals surface area contributed by atoms with Crippen LogP contribution in [0.4, 0.5) is 0 Å². The molecule has 0 bridgehead atoms. The van der Waals surface area contributed by atoms with Gasteiger partial charge in [0.1, 0.15) is 0 Å². The lowest BCUT2D eigenvalue weighted by molar-refractivity contribution is 0.0697. The van der Waals surface area contributed by atoms with Crippen LogP contribution in [-0.4, -0.2) is 21.0 Å². The number of rotatable bonds is 2. The minimum atomic E-state index is -0.962. The number of fused-ring (bicyclic) bond motifs is 1. The highest BCUT2D eigenvalue weighted by Gasteiger charge is 2.05. The zero-order valence-electron chi connectivity index (χ0n) is 10.3. The van der Waals surface area contributed by atoms with Gasteiger partial charge >= 0.3 is 5.97 Å². The summed E-state index contributed by atoms with van der Waals surface area (Å²) in [6.45, 7) is 0. The smallest absolute Gasteiger partial charge is 0.335 e. The average Bonchev–Trinajstić information content (AvgIpc) is 2.47. The lowest BCUT2D eigenvalue weighted by Crippen LogP contribution is -2.06. The maximum absolute atomic E-state index is 11.7. The summed E-state index contributed by atoms with van der Waals surface area (Å²) < 4.78 is 0. The number of carbonyl (C=O) groups is 1. The van der Waals surface area contributed by atoms with Gasteiger partial charge in [0.25, 0.3) is 5.56 Å². The van der Waals surface area contributed by atoms with Crippen molar-refractivity contribution in [3.63, 3.8) is 0 Å². The van der Waals surface area contributed by atoms with Gasteiger partial charge in [-0.3, -0.25) is 4.79 Å². The first-order chi connectivity index (χ1) is 9.65. The summed E-state index contributed by atoms with van der Waals surface area (Å²) in [7, 11) is 0. The summed E-state index contributed by atoms with van der Waals surface area (Å²) in [6, 6.07) is 11.9. The van der Waals surface area contributed by atoms with Gasteiger partial charge in [0.15, 0.2) is 0 Å². The van der Waals surface area contributed by atoms with Crippen LogP contribution in [-0.2, 0) is 0 Å². The number of hydrogen-bond acceptors (Lipinski definition) is 3. The molecule has 0 aliphatic heterocycles. The first-order valence-corrected chi connectivity index (χ1v) is 5.96. The number of carboxylic acids is 1. The topological polar surface area (TPSA) is 83.0 Å². The first-order valence-electron chi connectivity index (χ1n) is 5.96. The number of carboxylic acid groups (broad SMARTS) is 1. The molecule has 0 saturated heterocycles. The van der Waals surface area contributed by atoms with Crippen LogP contribution in [0.5, 0.6) is 0 Å². The van der Waals surface area contributed by atoms with E-state index in [1.165, 1.54) is 18.5 Å². The second-order valence-electron chi connectivity index (χ2n) is 4.35. The van der Waals surface area contributed by atoms with Crippen molar-refractivity contribution in [3.8, 4) is 11.1 Å². The van der Waals surface area contributed by atoms with Gasteiger partial charge in [-0.2, -0.15) is 0 Å². The van der Waals surface area contributed by atoms with Gasteiger partial charge in [-0.25, -0.2) is 9.78 Å². The Balaban J connectivity index is 2.12. The van der Waals surface area contributed by atoms with Crippen molar-refractivity contribution in [1.82, 2.24) is 9.97 Å². The van der Waals surface area contributed by atoms with Crippen LogP contribution in [0, 0.1) is 0 Å². The zero-order chi connectivity index (χ0) is 14.1. The molecule has 3 aromatic rings. The maximum Gasteiger partial charge on any atom is 0.335 e. The van der Waals surface area contributed by atoms with Crippen molar-refractivity contribution in [2.75, 3.05) is 0 Å². The van der Waals surface area contributed by atoms with Crippen LogP contribution < -0.4 is 5.56 Å². The lowest BCUT2D eigenvalue weighted by Gasteiger charge is -2.04. The van der Waals surface area contributed by atoms with E-state index in [0.29, 0.717) is 10.9 Å². The molecule has 0 spiro atoms. The zero-order valence-corrected chi connectivity index (χ0v) is 10.3. The molecule has 0 atom stereocenters. The molecule has 0 radical (unpaired) electrons. The van der Waals surface area contributed by atoms with E-state index in [-0.39, 0.29) is 11.1 Å². The van der Waals surface area contributed by atoms with Crippen molar-refractivity contribution in [2.24, 2.45) is 0 Å². The molecule has 0 saturated carbocycles. The largest absolute Gasteiger partial charge is 0.478 e. The molecule has 2 aromatic carbocycles. The fourth-order valence-electron chi connectivity index (χ4n) is 2.05. The van der Waals surface area contributed by atoms with Crippen LogP contribution in [0.2, 0.25) is 0 Å². The van der Waals surface area contributed by atoms with Gasteiger partial charge in [0, 0.05) is 0 Å². The standard InChI is InChI=1S/C15H10N2O3/c18-14-12-7-11(5-6-13(12)16-8-17-14)9-1-3-10(4-2-9)15(19)20/h1-8H,(H,19,20)(H,16,17,18). The van der Waals surface area contributed by atoms with Gasteiger partial charge in [-0.1, -0.05) is 18.2 Å². The van der Waals surface area contributed by atoms with Crippen LogP contribution >= 0.6 is 0 Å². The first kappa shape index (κ1) is 12.1. The van der Waals surface area contributed by atoms with E-state index in [9.17, 15) is 9.59 Å². The van der Waals surface area contributed by atoms with Crippen molar-refractivity contribution in [1.29, 1.82) is 0 Å².